The Balaban J connectivity index is 2.05. The second-order valence-electron chi connectivity index (χ2n) is 6.96. The molecule has 0 saturated carbocycles. The minimum atomic E-state index is 0.611. The van der Waals surface area contributed by atoms with Gasteiger partial charge in [0, 0.05) is 18.7 Å². The van der Waals surface area contributed by atoms with E-state index in [0.29, 0.717) is 5.82 Å². The molecule has 24 heavy (non-hydrogen) atoms. The molecule has 1 aliphatic carbocycles. The van der Waals surface area contributed by atoms with Crippen LogP contribution in [0.2, 0.25) is 0 Å². The summed E-state index contributed by atoms with van der Waals surface area (Å²) in [5, 5.41) is 0. The highest BCUT2D eigenvalue weighted by molar-refractivity contribution is 5.89. The Kier molecular flexibility index (Phi) is 5.72. The lowest BCUT2D eigenvalue weighted by atomic mass is 9.95. The number of pyridine rings is 1. The smallest absolute Gasteiger partial charge is 0.151 e. The summed E-state index contributed by atoms with van der Waals surface area (Å²) >= 11 is 0. The minimum Gasteiger partial charge on any atom is -0.382 e. The molecule has 4 N–H and O–H groups in total. The Morgan fingerprint density at radius 1 is 1.04 bits per heavy atom. The number of hydrogen-bond donors (Lipinski definition) is 2. The first-order chi connectivity index (χ1) is 11.8. The predicted molar refractivity (Wildman–Crippen MR) is 100 cm³/mol. The van der Waals surface area contributed by atoms with Gasteiger partial charge in [-0.2, -0.15) is 0 Å². The summed E-state index contributed by atoms with van der Waals surface area (Å²) in [6, 6.07) is 0. The van der Waals surface area contributed by atoms with Crippen LogP contribution >= 0.6 is 0 Å². The van der Waals surface area contributed by atoms with Gasteiger partial charge in [0.05, 0.1) is 5.52 Å². The maximum absolute atomic E-state index is 6.27. The van der Waals surface area contributed by atoms with Crippen LogP contribution in [0.1, 0.15) is 69.0 Å². The van der Waals surface area contributed by atoms with Crippen molar-refractivity contribution in [3.63, 3.8) is 0 Å². The first-order valence-electron chi connectivity index (χ1n) is 9.62. The standard InChI is InChI=1S/C19H31N5/c1-2-3-4-11-16-23-17-18(24(16)13-8-7-12-20)14-9-5-6-10-15(14)22-19(17)21/h2-13,20H2,1H3,(H2,21,22). The van der Waals surface area contributed by atoms with Crippen LogP contribution in [0.25, 0.3) is 11.0 Å². The zero-order valence-corrected chi connectivity index (χ0v) is 15.0. The summed E-state index contributed by atoms with van der Waals surface area (Å²) in [4.78, 5) is 9.59. The maximum Gasteiger partial charge on any atom is 0.151 e. The van der Waals surface area contributed by atoms with Crippen LogP contribution in [-0.2, 0) is 25.8 Å². The minimum absolute atomic E-state index is 0.611. The van der Waals surface area contributed by atoms with Crippen molar-refractivity contribution in [1.29, 1.82) is 0 Å². The van der Waals surface area contributed by atoms with Crippen LogP contribution < -0.4 is 11.5 Å². The molecule has 0 amide bonds. The summed E-state index contributed by atoms with van der Waals surface area (Å²) in [7, 11) is 0. The molecule has 2 aromatic heterocycles. The molecule has 0 spiro atoms. The van der Waals surface area contributed by atoms with Gasteiger partial charge < -0.3 is 16.0 Å². The number of anilines is 1. The lowest BCUT2D eigenvalue weighted by Crippen LogP contribution is -2.12. The quantitative estimate of drug-likeness (QED) is 0.727. The van der Waals surface area contributed by atoms with Gasteiger partial charge in [-0.25, -0.2) is 9.97 Å². The van der Waals surface area contributed by atoms with Gasteiger partial charge in [-0.3, -0.25) is 0 Å². The molecule has 0 atom stereocenters. The van der Waals surface area contributed by atoms with Crippen molar-refractivity contribution in [3.8, 4) is 0 Å². The van der Waals surface area contributed by atoms with E-state index in [1.54, 1.807) is 0 Å². The first kappa shape index (κ1) is 17.2. The SMILES string of the molecule is CCCCCc1nc2c(N)nc3c(c2n1CCCCN)CCCC3. The second kappa shape index (κ2) is 7.97. The van der Waals surface area contributed by atoms with Gasteiger partial charge in [-0.1, -0.05) is 19.8 Å². The number of imidazole rings is 1. The average Bonchev–Trinajstić information content (AvgIpc) is 2.95. The molecule has 132 valence electrons. The number of aromatic nitrogens is 3. The lowest BCUT2D eigenvalue weighted by Gasteiger charge is -2.18. The van der Waals surface area contributed by atoms with Gasteiger partial charge in [0.1, 0.15) is 11.3 Å². The topological polar surface area (TPSA) is 82.8 Å². The summed E-state index contributed by atoms with van der Waals surface area (Å²) < 4.78 is 2.43. The van der Waals surface area contributed by atoms with E-state index >= 15 is 0 Å². The lowest BCUT2D eigenvalue weighted by molar-refractivity contribution is 0.583. The monoisotopic (exact) mass is 329 g/mol. The van der Waals surface area contributed by atoms with E-state index in [1.165, 1.54) is 54.7 Å². The molecule has 3 rings (SSSR count). The molecule has 0 fully saturated rings. The van der Waals surface area contributed by atoms with Crippen LogP contribution in [0.15, 0.2) is 0 Å². The number of unbranched alkanes of at least 4 members (excludes halogenated alkanes) is 3. The molecule has 0 aromatic carbocycles. The molecule has 0 aliphatic heterocycles. The van der Waals surface area contributed by atoms with E-state index in [9.17, 15) is 0 Å². The summed E-state index contributed by atoms with van der Waals surface area (Å²) in [5.74, 6) is 1.79. The predicted octanol–water partition coefficient (Wildman–Crippen LogP) is 3.36. The van der Waals surface area contributed by atoms with Gasteiger partial charge in [0.2, 0.25) is 0 Å². The molecule has 2 aromatic rings. The fourth-order valence-electron chi connectivity index (χ4n) is 3.83. The maximum atomic E-state index is 6.27. The molecule has 0 bridgehead atoms. The Hall–Kier alpha value is -1.62. The molecular weight excluding hydrogens is 298 g/mol. The normalized spacial score (nSPS) is 14.2. The van der Waals surface area contributed by atoms with Crippen molar-refractivity contribution in [1.82, 2.24) is 14.5 Å². The van der Waals surface area contributed by atoms with E-state index in [-0.39, 0.29) is 0 Å². The third-order valence-corrected chi connectivity index (χ3v) is 5.11. The number of rotatable bonds is 8. The molecule has 0 radical (unpaired) electrons. The second-order valence-corrected chi connectivity index (χ2v) is 6.96. The molecule has 1 aliphatic rings. The van der Waals surface area contributed by atoms with Crippen LogP contribution in [0, 0.1) is 0 Å². The van der Waals surface area contributed by atoms with Crippen LogP contribution in [0.4, 0.5) is 5.82 Å². The van der Waals surface area contributed by atoms with E-state index < -0.39 is 0 Å². The van der Waals surface area contributed by atoms with Crippen LogP contribution in [0.5, 0.6) is 0 Å². The number of nitrogens with zero attached hydrogens (tertiary/aromatic N) is 3. The Labute approximate surface area is 144 Å². The zero-order valence-electron chi connectivity index (χ0n) is 15.0. The van der Waals surface area contributed by atoms with Gasteiger partial charge in [0.15, 0.2) is 5.82 Å². The van der Waals surface area contributed by atoms with Crippen molar-refractivity contribution in [2.24, 2.45) is 5.73 Å². The van der Waals surface area contributed by atoms with Crippen LogP contribution in [0.3, 0.4) is 0 Å². The molecule has 5 nitrogen and oxygen atoms in total. The van der Waals surface area contributed by atoms with Gasteiger partial charge in [-0.15, -0.1) is 0 Å². The highest BCUT2D eigenvalue weighted by Gasteiger charge is 2.22. The third kappa shape index (κ3) is 3.41. The molecule has 0 saturated heterocycles. The van der Waals surface area contributed by atoms with Crippen molar-refractivity contribution >= 4 is 16.9 Å². The van der Waals surface area contributed by atoms with Gasteiger partial charge in [-0.05, 0) is 57.1 Å². The molecular formula is C19H31N5. The number of nitrogens with two attached hydrogens (primary N) is 2. The first-order valence-corrected chi connectivity index (χ1v) is 9.62. The number of aryl methyl sites for hydroxylation is 4. The largest absolute Gasteiger partial charge is 0.382 e. The Bertz CT molecular complexity index is 689. The van der Waals surface area contributed by atoms with Gasteiger partial charge in [0.25, 0.3) is 0 Å². The van der Waals surface area contributed by atoms with E-state index in [4.69, 9.17) is 16.5 Å². The Morgan fingerprint density at radius 2 is 1.88 bits per heavy atom. The summed E-state index contributed by atoms with van der Waals surface area (Å²) in [6.45, 7) is 3.98. The highest BCUT2D eigenvalue weighted by Crippen LogP contribution is 2.32. The zero-order chi connectivity index (χ0) is 16.9. The number of nitrogen functional groups attached to an aromatic ring is 1. The number of hydrogen-bond acceptors (Lipinski definition) is 4. The van der Waals surface area contributed by atoms with E-state index in [1.807, 2.05) is 0 Å². The summed E-state index contributed by atoms with van der Waals surface area (Å²) in [5.41, 5.74) is 16.7. The van der Waals surface area contributed by atoms with Crippen molar-refractivity contribution in [3.05, 3.63) is 17.1 Å². The molecule has 2 heterocycles. The van der Waals surface area contributed by atoms with Crippen LogP contribution in [-0.4, -0.2) is 21.1 Å². The number of fused-ring (bicyclic) bond motifs is 3. The van der Waals surface area contributed by atoms with Crippen molar-refractivity contribution in [2.45, 2.75) is 77.7 Å². The van der Waals surface area contributed by atoms with E-state index in [2.05, 4.69) is 16.5 Å². The van der Waals surface area contributed by atoms with Gasteiger partial charge >= 0.3 is 0 Å². The Morgan fingerprint density at radius 3 is 2.67 bits per heavy atom. The average molecular weight is 329 g/mol. The van der Waals surface area contributed by atoms with Crippen molar-refractivity contribution in [2.75, 3.05) is 12.3 Å². The fraction of sp³-hybridized carbons (Fsp3) is 0.684. The molecule has 0 unspecified atom stereocenters. The summed E-state index contributed by atoms with van der Waals surface area (Å²) in [6.07, 6.45) is 11.5. The molecule has 5 heteroatoms. The fourth-order valence-corrected chi connectivity index (χ4v) is 3.83. The van der Waals surface area contributed by atoms with Crippen molar-refractivity contribution < 1.29 is 0 Å². The van der Waals surface area contributed by atoms with E-state index in [0.717, 1.165) is 50.7 Å². The third-order valence-electron chi connectivity index (χ3n) is 5.11. The highest BCUT2D eigenvalue weighted by atomic mass is 15.1.